The van der Waals surface area contributed by atoms with Crippen molar-refractivity contribution >= 4 is 28.5 Å². The molecule has 5 N–H and O–H groups in total. The maximum atomic E-state index is 5.48. The highest BCUT2D eigenvalue weighted by molar-refractivity contribution is 5.89. The van der Waals surface area contributed by atoms with Gasteiger partial charge in [0.05, 0.1) is 18.2 Å². The van der Waals surface area contributed by atoms with Crippen LogP contribution in [0.15, 0.2) is 30.5 Å². The van der Waals surface area contributed by atoms with E-state index in [2.05, 4.69) is 30.9 Å². The zero-order chi connectivity index (χ0) is 14.7. The number of H-pyrrole nitrogens is 1. The van der Waals surface area contributed by atoms with Crippen molar-refractivity contribution in [3.8, 4) is 5.75 Å². The Kier molecular flexibility index (Phi) is 3.52. The maximum Gasteiger partial charge on any atom is 0.241 e. The molecule has 8 heteroatoms. The zero-order valence-electron chi connectivity index (χ0n) is 11.4. The van der Waals surface area contributed by atoms with Crippen LogP contribution in [0, 0.1) is 0 Å². The van der Waals surface area contributed by atoms with Crippen LogP contribution >= 0.6 is 0 Å². The van der Waals surface area contributed by atoms with E-state index in [4.69, 9.17) is 10.6 Å². The van der Waals surface area contributed by atoms with Gasteiger partial charge < -0.3 is 10.1 Å². The minimum absolute atomic E-state index is 0.301. The van der Waals surface area contributed by atoms with Crippen LogP contribution in [0.2, 0.25) is 0 Å². The number of hydrogen-bond acceptors (Lipinski definition) is 7. The molecule has 0 aliphatic rings. The minimum atomic E-state index is 0.301. The molecule has 21 heavy (non-hydrogen) atoms. The molecule has 1 aromatic carbocycles. The van der Waals surface area contributed by atoms with Gasteiger partial charge in [-0.1, -0.05) is 6.07 Å². The largest absolute Gasteiger partial charge is 0.494 e. The molecule has 0 fully saturated rings. The number of nitrogens with two attached hydrogens (primary N) is 1. The van der Waals surface area contributed by atoms with Crippen molar-refractivity contribution in [2.75, 3.05) is 17.3 Å². The highest BCUT2D eigenvalue weighted by atomic mass is 16.5. The molecule has 2 aromatic heterocycles. The van der Waals surface area contributed by atoms with E-state index in [1.807, 2.05) is 31.2 Å². The van der Waals surface area contributed by atoms with E-state index in [9.17, 15) is 0 Å². The van der Waals surface area contributed by atoms with Crippen LogP contribution in [0.1, 0.15) is 6.92 Å². The quantitative estimate of drug-likeness (QED) is 0.417. The summed E-state index contributed by atoms with van der Waals surface area (Å²) in [5.74, 6) is 7.08. The summed E-state index contributed by atoms with van der Waals surface area (Å²) >= 11 is 0. The molecular formula is C13H15N7O. The third kappa shape index (κ3) is 2.70. The Labute approximate surface area is 120 Å². The number of ether oxygens (including phenoxy) is 1. The molecular weight excluding hydrogens is 270 g/mol. The lowest BCUT2D eigenvalue weighted by atomic mass is 10.3. The summed E-state index contributed by atoms with van der Waals surface area (Å²) in [7, 11) is 0. The normalized spacial score (nSPS) is 10.6. The van der Waals surface area contributed by atoms with Crippen molar-refractivity contribution < 1.29 is 4.74 Å². The van der Waals surface area contributed by atoms with Crippen molar-refractivity contribution in [3.63, 3.8) is 0 Å². The average molecular weight is 285 g/mol. The van der Waals surface area contributed by atoms with Crippen LogP contribution in [0.25, 0.3) is 11.0 Å². The molecule has 0 aliphatic heterocycles. The number of hydrazine groups is 1. The molecule has 2 heterocycles. The fourth-order valence-corrected chi connectivity index (χ4v) is 1.96. The van der Waals surface area contributed by atoms with Crippen LogP contribution in [0.4, 0.5) is 17.5 Å². The van der Waals surface area contributed by atoms with Crippen molar-refractivity contribution in [1.29, 1.82) is 0 Å². The Hall–Kier alpha value is -2.87. The number of aromatic nitrogens is 4. The maximum absolute atomic E-state index is 5.48. The second-order valence-corrected chi connectivity index (χ2v) is 4.26. The third-order valence-corrected chi connectivity index (χ3v) is 2.85. The zero-order valence-corrected chi connectivity index (χ0v) is 11.4. The second-order valence-electron chi connectivity index (χ2n) is 4.26. The molecule has 0 radical (unpaired) electrons. The molecule has 0 bridgehead atoms. The van der Waals surface area contributed by atoms with Crippen molar-refractivity contribution in [2.24, 2.45) is 5.84 Å². The number of nitrogens with one attached hydrogen (secondary N) is 3. The Balaban J connectivity index is 1.97. The number of nitrogen functional groups attached to an aromatic ring is 1. The fraction of sp³-hybridized carbons (Fsp3) is 0.154. The van der Waals surface area contributed by atoms with Crippen LogP contribution in [-0.4, -0.2) is 26.8 Å². The topological polar surface area (TPSA) is 114 Å². The number of aromatic amines is 1. The van der Waals surface area contributed by atoms with Gasteiger partial charge in [0.25, 0.3) is 0 Å². The van der Waals surface area contributed by atoms with Crippen molar-refractivity contribution in [1.82, 2.24) is 20.2 Å². The fourth-order valence-electron chi connectivity index (χ4n) is 1.96. The molecule has 8 nitrogen and oxygen atoms in total. The summed E-state index contributed by atoms with van der Waals surface area (Å²) in [4.78, 5) is 8.48. The van der Waals surface area contributed by atoms with Gasteiger partial charge in [-0.25, -0.2) is 5.84 Å². The van der Waals surface area contributed by atoms with E-state index in [0.29, 0.717) is 24.0 Å². The Morgan fingerprint density at radius 2 is 2.24 bits per heavy atom. The molecule has 0 saturated heterocycles. The number of fused-ring (bicyclic) bond motifs is 1. The van der Waals surface area contributed by atoms with Crippen LogP contribution in [0.5, 0.6) is 5.75 Å². The molecule has 0 atom stereocenters. The highest BCUT2D eigenvalue weighted by Crippen LogP contribution is 2.25. The van der Waals surface area contributed by atoms with E-state index < -0.39 is 0 Å². The molecule has 3 rings (SSSR count). The lowest BCUT2D eigenvalue weighted by Crippen LogP contribution is -2.11. The summed E-state index contributed by atoms with van der Waals surface area (Å²) in [5, 5.41) is 10.7. The van der Waals surface area contributed by atoms with Crippen molar-refractivity contribution in [2.45, 2.75) is 6.92 Å². The van der Waals surface area contributed by atoms with E-state index >= 15 is 0 Å². The van der Waals surface area contributed by atoms with E-state index in [1.165, 1.54) is 0 Å². The van der Waals surface area contributed by atoms with Crippen LogP contribution in [0.3, 0.4) is 0 Å². The summed E-state index contributed by atoms with van der Waals surface area (Å²) < 4.78 is 5.48. The Morgan fingerprint density at radius 1 is 1.33 bits per heavy atom. The predicted molar refractivity (Wildman–Crippen MR) is 80.4 cm³/mol. The number of hydrogen-bond donors (Lipinski definition) is 4. The Bertz CT molecular complexity index is 755. The molecule has 0 unspecified atom stereocenters. The first kappa shape index (κ1) is 13.1. The van der Waals surface area contributed by atoms with Gasteiger partial charge in [-0.3, -0.25) is 10.5 Å². The summed E-state index contributed by atoms with van der Waals surface area (Å²) in [6.07, 6.45) is 1.66. The minimum Gasteiger partial charge on any atom is -0.494 e. The monoisotopic (exact) mass is 285 g/mol. The summed E-state index contributed by atoms with van der Waals surface area (Å²) in [5.41, 5.74) is 3.88. The average Bonchev–Trinajstić information content (AvgIpc) is 2.96. The first-order valence-corrected chi connectivity index (χ1v) is 6.47. The number of benzene rings is 1. The van der Waals surface area contributed by atoms with Gasteiger partial charge in [0, 0.05) is 11.8 Å². The predicted octanol–water partition coefficient (Wildman–Crippen LogP) is 1.78. The molecule has 0 amide bonds. The van der Waals surface area contributed by atoms with Gasteiger partial charge in [-0.2, -0.15) is 15.1 Å². The molecule has 3 aromatic rings. The second kappa shape index (κ2) is 5.63. The summed E-state index contributed by atoms with van der Waals surface area (Å²) in [6, 6.07) is 7.62. The number of anilines is 3. The first-order chi connectivity index (χ1) is 10.3. The third-order valence-electron chi connectivity index (χ3n) is 2.85. The number of nitrogens with zero attached hydrogens (tertiary/aromatic N) is 3. The highest BCUT2D eigenvalue weighted by Gasteiger charge is 2.09. The van der Waals surface area contributed by atoms with Gasteiger partial charge in [-0.15, -0.1) is 0 Å². The first-order valence-electron chi connectivity index (χ1n) is 6.47. The Morgan fingerprint density at radius 3 is 3.05 bits per heavy atom. The number of rotatable bonds is 5. The van der Waals surface area contributed by atoms with Gasteiger partial charge in [0.15, 0.2) is 5.65 Å². The lowest BCUT2D eigenvalue weighted by molar-refractivity contribution is 0.340. The van der Waals surface area contributed by atoms with Gasteiger partial charge in [0.2, 0.25) is 5.95 Å². The van der Waals surface area contributed by atoms with Gasteiger partial charge in [-0.05, 0) is 19.1 Å². The SMILES string of the molecule is CCOc1cccc(Nc2nc(NN)nc3[nH]ncc23)c1. The van der Waals surface area contributed by atoms with Crippen LogP contribution in [-0.2, 0) is 0 Å². The molecule has 0 aliphatic carbocycles. The molecule has 0 spiro atoms. The van der Waals surface area contributed by atoms with E-state index in [1.54, 1.807) is 6.20 Å². The van der Waals surface area contributed by atoms with Gasteiger partial charge >= 0.3 is 0 Å². The molecule has 108 valence electrons. The smallest absolute Gasteiger partial charge is 0.241 e. The summed E-state index contributed by atoms with van der Waals surface area (Å²) in [6.45, 7) is 2.56. The van der Waals surface area contributed by atoms with E-state index in [-0.39, 0.29) is 0 Å². The van der Waals surface area contributed by atoms with E-state index in [0.717, 1.165) is 16.8 Å². The van der Waals surface area contributed by atoms with Crippen LogP contribution < -0.4 is 21.3 Å². The van der Waals surface area contributed by atoms with Crippen molar-refractivity contribution in [3.05, 3.63) is 30.5 Å². The lowest BCUT2D eigenvalue weighted by Gasteiger charge is -2.10. The van der Waals surface area contributed by atoms with Gasteiger partial charge in [0.1, 0.15) is 11.6 Å². The standard InChI is InChI=1S/C13H15N7O/c1-2-21-9-5-3-4-8(6-9)16-11-10-7-15-20-12(10)18-13(17-11)19-14/h3-7H,2,14H2,1H3,(H3,15,16,17,18,19,20). The molecule has 0 saturated carbocycles.